The fourth-order valence-corrected chi connectivity index (χ4v) is 3.33. The second-order valence-corrected chi connectivity index (χ2v) is 5.46. The summed E-state index contributed by atoms with van der Waals surface area (Å²) in [7, 11) is 0. The highest BCUT2D eigenvalue weighted by Gasteiger charge is 2.38. The third-order valence-corrected chi connectivity index (χ3v) is 4.25. The number of likely N-dealkylation sites (tertiary alicyclic amines) is 1. The zero-order valence-corrected chi connectivity index (χ0v) is 11.2. The van der Waals surface area contributed by atoms with Crippen molar-refractivity contribution in [2.24, 2.45) is 5.92 Å². The number of hydrogen-bond donors (Lipinski definition) is 2. The van der Waals surface area contributed by atoms with E-state index in [2.05, 4.69) is 11.9 Å². The predicted octanol–water partition coefficient (Wildman–Crippen LogP) is 1.99. The van der Waals surface area contributed by atoms with Gasteiger partial charge in [-0.2, -0.15) is 0 Å². The summed E-state index contributed by atoms with van der Waals surface area (Å²) in [6.45, 7) is 4.27. The van der Waals surface area contributed by atoms with Gasteiger partial charge in [0.1, 0.15) is 6.04 Å². The molecule has 0 bridgehead atoms. The van der Waals surface area contributed by atoms with Gasteiger partial charge in [0.15, 0.2) is 0 Å². The molecule has 0 aromatic carbocycles. The largest absolute Gasteiger partial charge is 0.480 e. The fourth-order valence-electron chi connectivity index (χ4n) is 3.33. The number of nitrogens with zero attached hydrogens (tertiary/aromatic N) is 1. The van der Waals surface area contributed by atoms with E-state index in [4.69, 9.17) is 5.11 Å². The molecular formula is C14H22N2O3. The van der Waals surface area contributed by atoms with Crippen molar-refractivity contribution in [3.63, 3.8) is 0 Å². The van der Waals surface area contributed by atoms with Gasteiger partial charge in [-0.15, -0.1) is 6.58 Å². The van der Waals surface area contributed by atoms with Crippen LogP contribution in [0.1, 0.15) is 38.5 Å². The van der Waals surface area contributed by atoms with Crippen molar-refractivity contribution in [1.82, 2.24) is 10.2 Å². The normalized spacial score (nSPS) is 27.5. The average molecular weight is 266 g/mol. The summed E-state index contributed by atoms with van der Waals surface area (Å²) in [5.41, 5.74) is 0. The smallest absolute Gasteiger partial charge is 0.326 e. The number of urea groups is 1. The predicted molar refractivity (Wildman–Crippen MR) is 71.8 cm³/mol. The molecule has 1 aliphatic heterocycles. The van der Waals surface area contributed by atoms with Crippen LogP contribution >= 0.6 is 0 Å². The molecule has 0 radical (unpaired) electrons. The molecule has 5 heteroatoms. The van der Waals surface area contributed by atoms with Crippen LogP contribution < -0.4 is 5.32 Å². The monoisotopic (exact) mass is 266 g/mol. The Morgan fingerprint density at radius 3 is 2.79 bits per heavy atom. The Labute approximate surface area is 113 Å². The molecule has 1 saturated heterocycles. The van der Waals surface area contributed by atoms with Crippen LogP contribution in [0.4, 0.5) is 4.79 Å². The Bertz CT molecular complexity index is 370. The highest BCUT2D eigenvalue weighted by molar-refractivity contribution is 5.83. The Hall–Kier alpha value is -1.52. The van der Waals surface area contributed by atoms with Gasteiger partial charge in [0.2, 0.25) is 0 Å². The van der Waals surface area contributed by atoms with E-state index in [0.717, 1.165) is 19.4 Å². The molecule has 0 aromatic heterocycles. The first-order chi connectivity index (χ1) is 9.13. The van der Waals surface area contributed by atoms with Gasteiger partial charge in [0.25, 0.3) is 0 Å². The molecule has 1 heterocycles. The highest BCUT2D eigenvalue weighted by atomic mass is 16.4. The summed E-state index contributed by atoms with van der Waals surface area (Å²) in [6.07, 6.45) is 7.42. The van der Waals surface area contributed by atoms with Crippen molar-refractivity contribution in [3.8, 4) is 0 Å². The zero-order valence-electron chi connectivity index (χ0n) is 11.2. The zero-order chi connectivity index (χ0) is 13.8. The lowest BCUT2D eigenvalue weighted by Gasteiger charge is -2.38. The van der Waals surface area contributed by atoms with E-state index in [1.165, 1.54) is 25.3 Å². The molecule has 5 nitrogen and oxygen atoms in total. The van der Waals surface area contributed by atoms with E-state index in [-0.39, 0.29) is 12.5 Å². The molecule has 3 atom stereocenters. The molecular weight excluding hydrogens is 244 g/mol. The van der Waals surface area contributed by atoms with Gasteiger partial charge in [-0.3, -0.25) is 0 Å². The summed E-state index contributed by atoms with van der Waals surface area (Å²) in [6, 6.07) is -0.787. The highest BCUT2D eigenvalue weighted by Crippen LogP contribution is 2.36. The number of hydrogen-bond acceptors (Lipinski definition) is 2. The summed E-state index contributed by atoms with van der Waals surface area (Å²) < 4.78 is 0. The van der Waals surface area contributed by atoms with Gasteiger partial charge in [-0.1, -0.05) is 12.5 Å². The van der Waals surface area contributed by atoms with Gasteiger partial charge >= 0.3 is 12.0 Å². The molecule has 106 valence electrons. The van der Waals surface area contributed by atoms with Gasteiger partial charge in [-0.05, 0) is 38.0 Å². The van der Waals surface area contributed by atoms with Gasteiger partial charge in [-0.25, -0.2) is 9.59 Å². The number of nitrogens with one attached hydrogen (secondary N) is 1. The maximum Gasteiger partial charge on any atom is 0.326 e. The molecule has 2 rings (SSSR count). The van der Waals surface area contributed by atoms with Crippen molar-refractivity contribution >= 4 is 12.0 Å². The molecule has 19 heavy (non-hydrogen) atoms. The Morgan fingerprint density at radius 2 is 2.11 bits per heavy atom. The van der Waals surface area contributed by atoms with E-state index >= 15 is 0 Å². The summed E-state index contributed by atoms with van der Waals surface area (Å²) >= 11 is 0. The standard InChI is InChI=1S/C14H22N2O3/c1-2-5-11(13(17)18)15-14(19)16-9-4-7-10-6-3-8-12(10)16/h2,10-12H,1,3-9H2,(H,15,19)(H,17,18). The van der Waals surface area contributed by atoms with E-state index in [9.17, 15) is 9.59 Å². The quantitative estimate of drug-likeness (QED) is 0.764. The van der Waals surface area contributed by atoms with Crippen molar-refractivity contribution in [1.29, 1.82) is 0 Å². The Morgan fingerprint density at radius 1 is 1.37 bits per heavy atom. The summed E-state index contributed by atoms with van der Waals surface area (Å²) in [4.78, 5) is 25.1. The number of carboxylic acid groups (broad SMARTS) is 1. The number of amides is 2. The third-order valence-electron chi connectivity index (χ3n) is 4.25. The Kier molecular flexibility index (Phi) is 4.45. The second kappa shape index (κ2) is 6.08. The van der Waals surface area contributed by atoms with Crippen molar-refractivity contribution in [3.05, 3.63) is 12.7 Å². The van der Waals surface area contributed by atoms with Crippen molar-refractivity contribution in [2.75, 3.05) is 6.54 Å². The lowest BCUT2D eigenvalue weighted by molar-refractivity contribution is -0.139. The number of carbonyl (C=O) groups excluding carboxylic acids is 1. The lowest BCUT2D eigenvalue weighted by Crippen LogP contribution is -2.54. The lowest BCUT2D eigenvalue weighted by atomic mass is 9.92. The minimum absolute atomic E-state index is 0.231. The number of carbonyl (C=O) groups is 2. The van der Waals surface area contributed by atoms with Crippen molar-refractivity contribution in [2.45, 2.75) is 50.6 Å². The van der Waals surface area contributed by atoms with Crippen LogP contribution in [0.15, 0.2) is 12.7 Å². The number of carboxylic acids is 1. The van der Waals surface area contributed by atoms with Gasteiger partial charge in [0.05, 0.1) is 0 Å². The molecule has 2 N–H and O–H groups in total. The van der Waals surface area contributed by atoms with E-state index in [1.807, 2.05) is 4.90 Å². The molecule has 2 amide bonds. The minimum atomic E-state index is -1.01. The van der Waals surface area contributed by atoms with Crippen LogP contribution in [0, 0.1) is 5.92 Å². The van der Waals surface area contributed by atoms with Crippen LogP contribution in [-0.2, 0) is 4.79 Å². The second-order valence-electron chi connectivity index (χ2n) is 5.46. The molecule has 2 aliphatic rings. The molecule has 0 aromatic rings. The average Bonchev–Trinajstić information content (AvgIpc) is 2.85. The minimum Gasteiger partial charge on any atom is -0.480 e. The maximum atomic E-state index is 12.2. The van der Waals surface area contributed by atoms with E-state index in [1.54, 1.807) is 0 Å². The molecule has 3 unspecified atom stereocenters. The van der Waals surface area contributed by atoms with Crippen LogP contribution in [0.5, 0.6) is 0 Å². The summed E-state index contributed by atoms with van der Waals surface area (Å²) in [5.74, 6) is -0.393. The molecule has 2 fully saturated rings. The molecule has 1 saturated carbocycles. The first-order valence-electron chi connectivity index (χ1n) is 7.04. The van der Waals surface area contributed by atoms with Gasteiger partial charge in [0, 0.05) is 12.6 Å². The van der Waals surface area contributed by atoms with Gasteiger partial charge < -0.3 is 15.3 Å². The number of fused-ring (bicyclic) bond motifs is 1. The van der Waals surface area contributed by atoms with Crippen LogP contribution in [-0.4, -0.2) is 40.6 Å². The van der Waals surface area contributed by atoms with Crippen LogP contribution in [0.3, 0.4) is 0 Å². The molecule has 0 spiro atoms. The van der Waals surface area contributed by atoms with E-state index < -0.39 is 12.0 Å². The van der Waals surface area contributed by atoms with Crippen LogP contribution in [0.25, 0.3) is 0 Å². The van der Waals surface area contributed by atoms with Crippen LogP contribution in [0.2, 0.25) is 0 Å². The Balaban J connectivity index is 1.98. The first kappa shape index (κ1) is 13.9. The fraction of sp³-hybridized carbons (Fsp3) is 0.714. The van der Waals surface area contributed by atoms with E-state index in [0.29, 0.717) is 12.0 Å². The SMILES string of the molecule is C=CCC(NC(=O)N1CCCC2CCCC21)C(=O)O. The number of rotatable bonds is 4. The maximum absolute atomic E-state index is 12.2. The first-order valence-corrected chi connectivity index (χ1v) is 7.04. The topological polar surface area (TPSA) is 69.6 Å². The number of piperidine rings is 1. The third kappa shape index (κ3) is 3.08. The molecule has 1 aliphatic carbocycles. The number of aliphatic carboxylic acids is 1. The summed E-state index contributed by atoms with van der Waals surface area (Å²) in [5, 5.41) is 11.7. The van der Waals surface area contributed by atoms with Crippen molar-refractivity contribution < 1.29 is 14.7 Å².